The molecular weight excluding hydrogens is 1370 g/mol. The smallest absolute Gasteiger partial charge is 0.409 e. The Balaban J connectivity index is 0.934. The Morgan fingerprint density at radius 2 is 1.45 bits per heavy atom. The standard InChI is InChI=1S/C82H103N5O18S/c1-48(2)74(85-71(90)37-32-60(78(94)83-38-39-100-12)44-65(88)57-26-28-59(29-27-57)75(92)61(25-24-55-22-18-50(5)19-23-55)47-106(98,99)63-35-20-51(6)21-36-63)66(89)41-53(8)77(93)84-62-33-30-58(31-34-62)73-64-42-56(43-67(73)101-13)40-52(7)16-15-17-69(102-14)82(97)46-68(103-80(96)86-82)54(9)76-81(10,105-76)70(45-72(91)87(64)11)104-79(95)49(3)4/h15-23,26-31,33-36,42-43,48-49,53-54,60-61,68-70,74,76,97H,24-25,32,37-41,44-47H2,1-14H3,(H,83,94)(H,84,93)(H,85,90)(H,86,96)/b17-15+,52-16+/t53-,54-,60-,61?,68+,69-,70+,74+,76+,81+,82+/m1/s1. The van der Waals surface area contributed by atoms with Crippen LogP contribution in [0.5, 0.6) is 5.75 Å². The molecule has 2 fully saturated rings. The number of ketones is 3. The number of anilines is 2. The van der Waals surface area contributed by atoms with Crippen molar-refractivity contribution in [2.24, 2.45) is 35.5 Å². The van der Waals surface area contributed by atoms with Gasteiger partial charge in [-0.1, -0.05) is 149 Å². The molecule has 0 radical (unpaired) electrons. The average Bonchev–Trinajstić information content (AvgIpc) is 1.57. The summed E-state index contributed by atoms with van der Waals surface area (Å²) in [5, 5.41) is 23.0. The van der Waals surface area contributed by atoms with E-state index >= 15 is 0 Å². The molecule has 5 amide bonds. The van der Waals surface area contributed by atoms with Gasteiger partial charge in [-0.05, 0) is 112 Å². The molecule has 11 atom stereocenters. The number of epoxide rings is 1. The third kappa shape index (κ3) is 21.3. The summed E-state index contributed by atoms with van der Waals surface area (Å²) in [7, 11) is 2.14. The van der Waals surface area contributed by atoms with Gasteiger partial charge in [-0.25, -0.2) is 13.2 Å². The molecule has 2 saturated heterocycles. The van der Waals surface area contributed by atoms with Crippen molar-refractivity contribution < 1.29 is 85.1 Å². The molecule has 3 heterocycles. The van der Waals surface area contributed by atoms with Gasteiger partial charge in [-0.3, -0.25) is 43.7 Å². The summed E-state index contributed by atoms with van der Waals surface area (Å²) in [6.45, 7) is 18.1. The number of rotatable bonds is 30. The number of Topliss-reactive ketones (excluding diaryl/α,β-unsaturated/α-hetero) is 3. The predicted molar refractivity (Wildman–Crippen MR) is 402 cm³/mol. The zero-order valence-electron chi connectivity index (χ0n) is 63.2. The van der Waals surface area contributed by atoms with Gasteiger partial charge in [0.1, 0.15) is 29.7 Å². The fourth-order valence-corrected chi connectivity index (χ4v) is 15.1. The van der Waals surface area contributed by atoms with Crippen LogP contribution in [-0.2, 0) is 75.1 Å². The van der Waals surface area contributed by atoms with Gasteiger partial charge in [0.05, 0.1) is 54.5 Å². The molecule has 0 aromatic heterocycles. The molecule has 0 aliphatic carbocycles. The molecule has 106 heavy (non-hydrogen) atoms. The molecule has 23 nitrogen and oxygen atoms in total. The Morgan fingerprint density at radius 3 is 2.08 bits per heavy atom. The van der Waals surface area contributed by atoms with E-state index in [2.05, 4.69) is 21.3 Å². The number of nitrogens with zero attached hydrogens (tertiary/aromatic N) is 1. The fraction of sp³-hybridized carbons (Fsp3) is 0.476. The van der Waals surface area contributed by atoms with Gasteiger partial charge in [0, 0.05) is 99.5 Å². The maximum atomic E-state index is 14.9. The molecule has 0 spiro atoms. The van der Waals surface area contributed by atoms with E-state index in [0.717, 1.165) is 27.8 Å². The second-order valence-corrected chi connectivity index (χ2v) is 31.3. The van der Waals surface area contributed by atoms with Crippen molar-refractivity contribution in [1.82, 2.24) is 16.0 Å². The van der Waals surface area contributed by atoms with Crippen LogP contribution in [0, 0.1) is 49.4 Å². The number of hydrogen-bond donors (Lipinski definition) is 5. The second-order valence-electron chi connectivity index (χ2n) is 29.3. The highest BCUT2D eigenvalue weighted by Gasteiger charge is 2.64. The van der Waals surface area contributed by atoms with E-state index in [4.69, 9.17) is 28.4 Å². The van der Waals surface area contributed by atoms with E-state index in [1.165, 1.54) is 62.6 Å². The minimum absolute atomic E-state index is 0.0757. The van der Waals surface area contributed by atoms with Gasteiger partial charge in [0.2, 0.25) is 23.6 Å². The van der Waals surface area contributed by atoms with E-state index < -0.39 is 146 Å². The van der Waals surface area contributed by atoms with Crippen LogP contribution < -0.4 is 30.9 Å². The first-order valence-corrected chi connectivity index (χ1v) is 37.8. The molecular formula is C82H103N5O18S. The number of hydrogen-bond acceptors (Lipinski definition) is 18. The topological polar surface area (TPSA) is 318 Å². The van der Waals surface area contributed by atoms with Crippen molar-refractivity contribution >= 4 is 74.3 Å². The number of alkyl carbamates (subject to hydrolysis) is 1. The summed E-state index contributed by atoms with van der Waals surface area (Å²) in [5.74, 6) is -8.07. The molecule has 5 aromatic rings. The molecule has 8 rings (SSSR count). The number of methoxy groups -OCH3 is 3. The van der Waals surface area contributed by atoms with Crippen LogP contribution in [-0.4, -0.2) is 156 Å². The molecule has 0 saturated carbocycles. The van der Waals surface area contributed by atoms with E-state index in [9.17, 15) is 56.7 Å². The van der Waals surface area contributed by atoms with Gasteiger partial charge in [0.25, 0.3) is 0 Å². The first-order valence-electron chi connectivity index (χ1n) is 36.1. The summed E-state index contributed by atoms with van der Waals surface area (Å²) < 4.78 is 62.6. The molecule has 24 heteroatoms. The van der Waals surface area contributed by atoms with Gasteiger partial charge in [0.15, 0.2) is 32.9 Å². The molecule has 5 N–H and O–H groups in total. The number of carbonyl (C=O) groups excluding carboxylic acids is 9. The Labute approximate surface area is 622 Å². The van der Waals surface area contributed by atoms with Gasteiger partial charge >= 0.3 is 12.1 Å². The largest absolute Gasteiger partial charge is 0.496 e. The third-order valence-corrected chi connectivity index (χ3v) is 22.0. The highest BCUT2D eigenvalue weighted by molar-refractivity contribution is 7.91. The van der Waals surface area contributed by atoms with Crippen LogP contribution in [0.4, 0.5) is 16.2 Å². The number of amides is 5. The lowest BCUT2D eigenvalue weighted by atomic mass is 9.83. The highest BCUT2D eigenvalue weighted by Crippen LogP contribution is 2.50. The van der Waals surface area contributed by atoms with Crippen molar-refractivity contribution in [3.8, 4) is 16.9 Å². The number of aliphatic hydroxyl groups is 1. The minimum Gasteiger partial charge on any atom is -0.496 e. The maximum absolute atomic E-state index is 14.9. The van der Waals surface area contributed by atoms with Crippen molar-refractivity contribution in [3.63, 3.8) is 0 Å². The number of carbonyl (C=O) groups is 9. The Morgan fingerprint density at radius 1 is 0.802 bits per heavy atom. The quantitative estimate of drug-likeness (QED) is 0.0123. The van der Waals surface area contributed by atoms with Crippen molar-refractivity contribution in [3.05, 3.63) is 166 Å². The van der Waals surface area contributed by atoms with Crippen LogP contribution in [0.1, 0.15) is 143 Å². The number of aryl methyl sites for hydroxylation is 3. The SMILES string of the molecule is COCCNC(=O)[C@H](CCC(=O)N[C@H](C(=O)C[C@@H](C)C(=O)Nc1ccc(-c2c(OC)cc3cc2N(C)C(=O)C[C@H](OC(=O)C(C)C)[C@]2(C)O[C@H]2[C@H](C)[C@@H]2C[C@@](O)(NC(=O)O2)[C@H](OC)/C=C/C=C(\C)C3)cc1)C(C)C)CC(=O)c1ccc(C(=O)C(CCc2ccc(C)cc2)CS(=O)(=O)c2ccc(C)cc2)cc1. The Bertz CT molecular complexity index is 4180. The lowest BCUT2D eigenvalue weighted by Gasteiger charge is -2.42. The minimum atomic E-state index is -3.88. The third-order valence-electron chi connectivity index (χ3n) is 20.2. The first kappa shape index (κ1) is 82.5. The summed E-state index contributed by atoms with van der Waals surface area (Å²) in [5.41, 5.74) is 3.83. The normalized spacial score (nSPS) is 22.4. The van der Waals surface area contributed by atoms with E-state index in [1.807, 2.05) is 63.2 Å². The summed E-state index contributed by atoms with van der Waals surface area (Å²) in [4.78, 5) is 127. The number of ether oxygens (including phenoxy) is 6. The molecule has 1 unspecified atom stereocenters. The number of esters is 1. The van der Waals surface area contributed by atoms with Gasteiger partial charge < -0.3 is 54.4 Å². The van der Waals surface area contributed by atoms with E-state index in [0.29, 0.717) is 41.1 Å². The number of nitrogens with one attached hydrogen (secondary N) is 4. The molecule has 4 bridgehead atoms. The zero-order valence-corrected chi connectivity index (χ0v) is 64.0. The number of sulfone groups is 1. The van der Waals surface area contributed by atoms with Gasteiger partial charge in [-0.15, -0.1) is 0 Å². The maximum Gasteiger partial charge on any atom is 0.409 e. The second kappa shape index (κ2) is 36.4. The molecule has 570 valence electrons. The average molecular weight is 1480 g/mol. The lowest BCUT2D eigenvalue weighted by Crippen LogP contribution is -2.63. The molecule has 3 aliphatic heterocycles. The number of benzene rings is 5. The van der Waals surface area contributed by atoms with Crippen molar-refractivity contribution in [2.75, 3.05) is 57.5 Å². The zero-order chi connectivity index (χ0) is 77.5. The van der Waals surface area contributed by atoms with Crippen LogP contribution >= 0.6 is 0 Å². The molecule has 3 aliphatic rings. The Hall–Kier alpha value is -9.20. The number of fused-ring (bicyclic) bond motifs is 5. The van der Waals surface area contributed by atoms with E-state index in [1.54, 1.807) is 104 Å². The number of allylic oxidation sites excluding steroid dienone is 3. The van der Waals surface area contributed by atoms with Gasteiger partial charge in [-0.2, -0.15) is 0 Å². The molecule has 5 aromatic carbocycles. The Kier molecular flexibility index (Phi) is 28.3. The summed E-state index contributed by atoms with van der Waals surface area (Å²) in [6.07, 6.45) is 0.526. The first-order chi connectivity index (χ1) is 50.2. The predicted octanol–water partition coefficient (Wildman–Crippen LogP) is 11.0. The van der Waals surface area contributed by atoms with Crippen LogP contribution in [0.2, 0.25) is 0 Å². The summed E-state index contributed by atoms with van der Waals surface area (Å²) >= 11 is 0. The summed E-state index contributed by atoms with van der Waals surface area (Å²) in [6, 6.07) is 29.8. The highest BCUT2D eigenvalue weighted by atomic mass is 32.2. The lowest BCUT2D eigenvalue weighted by molar-refractivity contribution is -0.157. The van der Waals surface area contributed by atoms with E-state index in [-0.39, 0.29) is 74.1 Å². The fourth-order valence-electron chi connectivity index (χ4n) is 13.5. The van der Waals surface area contributed by atoms with Crippen LogP contribution in [0.25, 0.3) is 11.1 Å². The van der Waals surface area contributed by atoms with Crippen LogP contribution in [0.15, 0.2) is 138 Å². The van der Waals surface area contributed by atoms with Crippen molar-refractivity contribution in [2.45, 2.75) is 174 Å². The van der Waals surface area contributed by atoms with Crippen LogP contribution in [0.3, 0.4) is 0 Å². The monoisotopic (exact) mass is 1480 g/mol. The van der Waals surface area contributed by atoms with Crippen molar-refractivity contribution in [1.29, 1.82) is 0 Å².